The van der Waals surface area contributed by atoms with Gasteiger partial charge in [0.15, 0.2) is 12.0 Å². The minimum atomic E-state index is -0.489. The Morgan fingerprint density at radius 1 is 1.32 bits per heavy atom. The summed E-state index contributed by atoms with van der Waals surface area (Å²) in [5.41, 5.74) is 5.98. The molecule has 0 spiro atoms. The Bertz CT molecular complexity index is 400. The number of hydrogen-bond acceptors (Lipinski definition) is 6. The van der Waals surface area contributed by atoms with Crippen molar-refractivity contribution in [1.82, 2.24) is 9.78 Å². The van der Waals surface area contributed by atoms with Gasteiger partial charge in [-0.1, -0.05) is 0 Å². The highest BCUT2D eigenvalue weighted by atomic mass is 16.7. The Hall–Kier alpha value is -1.60. The fourth-order valence-electron chi connectivity index (χ4n) is 1.55. The van der Waals surface area contributed by atoms with E-state index in [0.29, 0.717) is 32.2 Å². The molecule has 0 unspecified atom stereocenters. The number of nitrogens with two attached hydrogens (primary N) is 1. The smallest absolute Gasteiger partial charge is 0.358 e. The van der Waals surface area contributed by atoms with Gasteiger partial charge in [-0.15, -0.1) is 0 Å². The zero-order valence-corrected chi connectivity index (χ0v) is 11.6. The average molecular weight is 271 g/mol. The summed E-state index contributed by atoms with van der Waals surface area (Å²) in [6.45, 7) is 7.16. The summed E-state index contributed by atoms with van der Waals surface area (Å²) in [5.74, 6) is -0.121. The topological polar surface area (TPSA) is 88.6 Å². The van der Waals surface area contributed by atoms with Crippen LogP contribution < -0.4 is 5.73 Å². The fraction of sp³-hybridized carbons (Fsp3) is 0.667. The standard InChI is InChI=1S/C12H21N3O4/c1-4-17-11(18-5-2)8-15-10(13)7-9(14-15)12(16)19-6-3/h7,11H,4-6,8,13H2,1-3H3. The molecule has 1 heterocycles. The molecule has 7 heteroatoms. The summed E-state index contributed by atoms with van der Waals surface area (Å²) in [6.07, 6.45) is -0.438. The van der Waals surface area contributed by atoms with Crippen LogP contribution in [0.15, 0.2) is 6.07 Å². The zero-order valence-electron chi connectivity index (χ0n) is 11.6. The third kappa shape index (κ3) is 4.53. The van der Waals surface area contributed by atoms with Crippen LogP contribution in [0.3, 0.4) is 0 Å². The number of hydrogen-bond donors (Lipinski definition) is 1. The quantitative estimate of drug-likeness (QED) is 0.561. The van der Waals surface area contributed by atoms with Gasteiger partial charge < -0.3 is 19.9 Å². The number of rotatable bonds is 8. The van der Waals surface area contributed by atoms with Crippen LogP contribution in [0.5, 0.6) is 0 Å². The SMILES string of the molecule is CCOC(=O)c1cc(N)n(CC(OCC)OCC)n1. The van der Waals surface area contributed by atoms with Gasteiger partial charge in [-0.25, -0.2) is 9.48 Å². The van der Waals surface area contributed by atoms with Crippen molar-refractivity contribution in [1.29, 1.82) is 0 Å². The third-order valence-electron chi connectivity index (χ3n) is 2.32. The van der Waals surface area contributed by atoms with E-state index in [0.717, 1.165) is 0 Å². The number of anilines is 1. The van der Waals surface area contributed by atoms with E-state index < -0.39 is 12.3 Å². The van der Waals surface area contributed by atoms with Gasteiger partial charge in [-0.2, -0.15) is 5.10 Å². The molecule has 0 aromatic carbocycles. The van der Waals surface area contributed by atoms with Crippen LogP contribution >= 0.6 is 0 Å². The molecule has 2 N–H and O–H groups in total. The third-order valence-corrected chi connectivity index (χ3v) is 2.32. The van der Waals surface area contributed by atoms with Crippen LogP contribution in [0, 0.1) is 0 Å². The molecule has 1 aromatic heterocycles. The fourth-order valence-corrected chi connectivity index (χ4v) is 1.55. The number of nitrogens with zero attached hydrogens (tertiary/aromatic N) is 2. The lowest BCUT2D eigenvalue weighted by Gasteiger charge is -2.17. The van der Waals surface area contributed by atoms with Crippen LogP contribution in [-0.4, -0.2) is 41.9 Å². The first kappa shape index (κ1) is 15.5. The normalized spacial score (nSPS) is 10.9. The van der Waals surface area contributed by atoms with Crippen LogP contribution in [-0.2, 0) is 20.8 Å². The highest BCUT2D eigenvalue weighted by molar-refractivity contribution is 5.88. The molecule has 0 amide bonds. The molecule has 7 nitrogen and oxygen atoms in total. The van der Waals surface area contributed by atoms with Crippen molar-refractivity contribution in [2.24, 2.45) is 0 Å². The van der Waals surface area contributed by atoms with Crippen LogP contribution in [0.1, 0.15) is 31.3 Å². The molecule has 0 saturated carbocycles. The Labute approximate surface area is 112 Å². The van der Waals surface area contributed by atoms with Crippen molar-refractivity contribution in [2.75, 3.05) is 25.6 Å². The van der Waals surface area contributed by atoms with Gasteiger partial charge in [0, 0.05) is 19.3 Å². The molecule has 1 aromatic rings. The molecule has 1 rings (SSSR count). The monoisotopic (exact) mass is 271 g/mol. The Morgan fingerprint density at radius 2 is 1.95 bits per heavy atom. The van der Waals surface area contributed by atoms with Gasteiger partial charge in [0.05, 0.1) is 13.2 Å². The summed E-state index contributed by atoms with van der Waals surface area (Å²) < 4.78 is 17.1. The lowest BCUT2D eigenvalue weighted by molar-refractivity contribution is -0.144. The Balaban J connectivity index is 2.74. The summed E-state index contributed by atoms with van der Waals surface area (Å²) in [5, 5.41) is 4.09. The number of ether oxygens (including phenoxy) is 3. The van der Waals surface area contributed by atoms with E-state index >= 15 is 0 Å². The van der Waals surface area contributed by atoms with Crippen LogP contribution in [0.2, 0.25) is 0 Å². The second-order valence-electron chi connectivity index (χ2n) is 3.70. The number of nitrogen functional groups attached to an aromatic ring is 1. The molecule has 0 atom stereocenters. The maximum atomic E-state index is 11.5. The van der Waals surface area contributed by atoms with Crippen molar-refractivity contribution in [2.45, 2.75) is 33.6 Å². The first-order valence-corrected chi connectivity index (χ1v) is 6.35. The lowest BCUT2D eigenvalue weighted by Crippen LogP contribution is -2.25. The van der Waals surface area contributed by atoms with Crippen molar-refractivity contribution >= 4 is 11.8 Å². The van der Waals surface area contributed by atoms with Gasteiger partial charge in [-0.3, -0.25) is 0 Å². The maximum Gasteiger partial charge on any atom is 0.358 e. The van der Waals surface area contributed by atoms with Gasteiger partial charge in [0.25, 0.3) is 0 Å². The van der Waals surface area contributed by atoms with Crippen molar-refractivity contribution in [3.05, 3.63) is 11.8 Å². The summed E-state index contributed by atoms with van der Waals surface area (Å²) in [6, 6.07) is 1.48. The molecule has 0 saturated heterocycles. The van der Waals surface area contributed by atoms with Gasteiger partial charge in [0.1, 0.15) is 5.82 Å². The highest BCUT2D eigenvalue weighted by Gasteiger charge is 2.17. The van der Waals surface area contributed by atoms with E-state index in [1.54, 1.807) is 6.92 Å². The van der Waals surface area contributed by atoms with Gasteiger partial charge in [0.2, 0.25) is 0 Å². The second kappa shape index (κ2) is 7.75. The van der Waals surface area contributed by atoms with E-state index in [9.17, 15) is 4.79 Å². The van der Waals surface area contributed by atoms with Crippen LogP contribution in [0.25, 0.3) is 0 Å². The Kier molecular flexibility index (Phi) is 6.31. The molecule has 0 bridgehead atoms. The molecular formula is C12H21N3O4. The summed E-state index contributed by atoms with van der Waals surface area (Å²) >= 11 is 0. The van der Waals surface area contributed by atoms with Crippen LogP contribution in [0.4, 0.5) is 5.82 Å². The first-order chi connectivity index (χ1) is 9.12. The zero-order chi connectivity index (χ0) is 14.3. The van der Waals surface area contributed by atoms with E-state index in [-0.39, 0.29) is 5.69 Å². The first-order valence-electron chi connectivity index (χ1n) is 6.35. The molecule has 0 aliphatic carbocycles. The number of carbonyl (C=O) groups is 1. The Morgan fingerprint density at radius 3 is 2.47 bits per heavy atom. The van der Waals surface area contributed by atoms with E-state index in [1.807, 2.05) is 13.8 Å². The van der Waals surface area contributed by atoms with Crippen molar-refractivity contribution in [3.8, 4) is 0 Å². The van der Waals surface area contributed by atoms with Gasteiger partial charge >= 0.3 is 5.97 Å². The summed E-state index contributed by atoms with van der Waals surface area (Å²) in [7, 11) is 0. The van der Waals surface area contributed by atoms with E-state index in [2.05, 4.69) is 5.10 Å². The van der Waals surface area contributed by atoms with E-state index in [1.165, 1.54) is 10.7 Å². The largest absolute Gasteiger partial charge is 0.461 e. The summed E-state index contributed by atoms with van der Waals surface area (Å²) in [4.78, 5) is 11.5. The second-order valence-corrected chi connectivity index (χ2v) is 3.70. The van der Waals surface area contributed by atoms with E-state index in [4.69, 9.17) is 19.9 Å². The average Bonchev–Trinajstić information content (AvgIpc) is 2.72. The van der Waals surface area contributed by atoms with Gasteiger partial charge in [-0.05, 0) is 20.8 Å². The minimum absolute atomic E-state index is 0.186. The minimum Gasteiger partial charge on any atom is -0.461 e. The number of esters is 1. The molecule has 0 radical (unpaired) electrons. The molecule has 108 valence electrons. The predicted molar refractivity (Wildman–Crippen MR) is 69.6 cm³/mol. The molecule has 0 fully saturated rings. The highest BCUT2D eigenvalue weighted by Crippen LogP contribution is 2.10. The van der Waals surface area contributed by atoms with Crippen molar-refractivity contribution < 1.29 is 19.0 Å². The number of carbonyl (C=O) groups excluding carboxylic acids is 1. The van der Waals surface area contributed by atoms with Crippen molar-refractivity contribution in [3.63, 3.8) is 0 Å². The predicted octanol–water partition coefficient (Wildman–Crippen LogP) is 1.04. The molecule has 0 aliphatic heterocycles. The maximum absolute atomic E-state index is 11.5. The molecule has 0 aliphatic rings. The molecule has 19 heavy (non-hydrogen) atoms. The number of aromatic nitrogens is 2. The lowest BCUT2D eigenvalue weighted by atomic mass is 10.4. The molecular weight excluding hydrogens is 250 g/mol.